The lowest BCUT2D eigenvalue weighted by atomic mass is 9.97. The number of benzene rings is 1. The van der Waals surface area contributed by atoms with Crippen molar-refractivity contribution < 1.29 is 19.0 Å². The Labute approximate surface area is 124 Å². The number of aromatic nitrogens is 2. The fourth-order valence-corrected chi connectivity index (χ4v) is 2.56. The molecule has 1 atom stereocenters. The van der Waals surface area contributed by atoms with Gasteiger partial charge in [0.25, 0.3) is 0 Å². The van der Waals surface area contributed by atoms with Crippen LogP contribution in [-0.4, -0.2) is 32.8 Å². The highest BCUT2D eigenvalue weighted by Gasteiger charge is 2.39. The van der Waals surface area contributed by atoms with Crippen LogP contribution in [-0.2, 0) is 11.2 Å². The molecule has 0 bridgehead atoms. The average Bonchev–Trinajstić information content (AvgIpc) is 2.85. The van der Waals surface area contributed by atoms with Gasteiger partial charge in [-0.1, -0.05) is 17.7 Å². The number of cyclic esters (lactones) is 1. The summed E-state index contributed by atoms with van der Waals surface area (Å²) >= 11 is 5.94. The second kappa shape index (κ2) is 4.82. The van der Waals surface area contributed by atoms with Crippen molar-refractivity contribution in [1.29, 1.82) is 0 Å². The normalized spacial score (nSPS) is 21.0. The summed E-state index contributed by atoms with van der Waals surface area (Å²) in [6.45, 7) is 1.33. The van der Waals surface area contributed by atoms with Crippen LogP contribution in [0.3, 0.4) is 0 Å². The molecule has 0 spiro atoms. The number of aliphatic hydroxyl groups is 1. The molecule has 2 aromatic rings. The molecule has 1 unspecified atom stereocenters. The van der Waals surface area contributed by atoms with Crippen LogP contribution in [0, 0.1) is 5.82 Å². The van der Waals surface area contributed by atoms with Crippen molar-refractivity contribution in [1.82, 2.24) is 9.55 Å². The zero-order chi connectivity index (χ0) is 15.2. The molecule has 3 rings (SSSR count). The predicted molar refractivity (Wildman–Crippen MR) is 73.1 cm³/mol. The minimum atomic E-state index is -0.991. The highest BCUT2D eigenvalue weighted by atomic mass is 35.5. The monoisotopic (exact) mass is 310 g/mol. The summed E-state index contributed by atoms with van der Waals surface area (Å²) in [5.74, 6) is -1.20. The molecule has 5 nitrogen and oxygen atoms in total. The van der Waals surface area contributed by atoms with E-state index in [2.05, 4.69) is 4.98 Å². The molecule has 110 valence electrons. The van der Waals surface area contributed by atoms with Crippen LogP contribution in [0.2, 0.25) is 5.02 Å². The molecule has 0 fully saturated rings. The summed E-state index contributed by atoms with van der Waals surface area (Å²) in [5, 5.41) is 9.22. The maximum atomic E-state index is 13.6. The standard InChI is InChI=1S/C14H12ClFN2O3/c1-14(6-19)5-9-12(13(20)21-14)18(7-17-9)10-4-2-3-8(16)11(10)15/h2-4,7,19H,5-6H2,1H3. The summed E-state index contributed by atoms with van der Waals surface area (Å²) in [6, 6.07) is 4.31. The number of aliphatic hydroxyl groups excluding tert-OH is 1. The van der Waals surface area contributed by atoms with E-state index in [9.17, 15) is 14.3 Å². The van der Waals surface area contributed by atoms with Crippen LogP contribution in [0.15, 0.2) is 24.5 Å². The number of fused-ring (bicyclic) bond motifs is 1. The third kappa shape index (κ3) is 2.20. The van der Waals surface area contributed by atoms with Gasteiger partial charge < -0.3 is 9.84 Å². The first-order valence-corrected chi connectivity index (χ1v) is 6.68. The lowest BCUT2D eigenvalue weighted by molar-refractivity contribution is -0.0434. The number of halogens is 2. The lowest BCUT2D eigenvalue weighted by Gasteiger charge is -2.31. The van der Waals surface area contributed by atoms with E-state index >= 15 is 0 Å². The second-order valence-corrected chi connectivity index (χ2v) is 5.54. The highest BCUT2D eigenvalue weighted by Crippen LogP contribution is 2.31. The molecule has 0 saturated heterocycles. The molecular formula is C14H12ClFN2O3. The van der Waals surface area contributed by atoms with Gasteiger partial charge in [0.05, 0.1) is 18.0 Å². The molecule has 0 saturated carbocycles. The Morgan fingerprint density at radius 3 is 3.05 bits per heavy atom. The topological polar surface area (TPSA) is 64.4 Å². The molecule has 2 heterocycles. The number of ether oxygens (including phenoxy) is 1. The number of imidazole rings is 1. The summed E-state index contributed by atoms with van der Waals surface area (Å²) in [6.07, 6.45) is 1.68. The van der Waals surface area contributed by atoms with Gasteiger partial charge in [-0.05, 0) is 19.1 Å². The third-order valence-electron chi connectivity index (χ3n) is 3.44. The van der Waals surface area contributed by atoms with Crippen LogP contribution in [0.5, 0.6) is 0 Å². The Kier molecular flexibility index (Phi) is 3.22. The zero-order valence-corrected chi connectivity index (χ0v) is 11.9. The first kappa shape index (κ1) is 14.0. The highest BCUT2D eigenvalue weighted by molar-refractivity contribution is 6.32. The fourth-order valence-electron chi connectivity index (χ4n) is 2.34. The first-order chi connectivity index (χ1) is 9.95. The fraction of sp³-hybridized carbons (Fsp3) is 0.286. The van der Waals surface area contributed by atoms with Gasteiger partial charge in [-0.2, -0.15) is 0 Å². The number of hydrogen-bond acceptors (Lipinski definition) is 4. The Morgan fingerprint density at radius 2 is 2.33 bits per heavy atom. The number of carbonyl (C=O) groups is 1. The van der Waals surface area contributed by atoms with E-state index in [1.807, 2.05) is 0 Å². The molecule has 0 radical (unpaired) electrons. The number of rotatable bonds is 2. The second-order valence-electron chi connectivity index (χ2n) is 5.16. The van der Waals surface area contributed by atoms with Crippen LogP contribution in [0.1, 0.15) is 23.1 Å². The van der Waals surface area contributed by atoms with Crippen molar-refractivity contribution in [3.05, 3.63) is 46.8 Å². The molecule has 1 aliphatic rings. The number of hydrogen-bond donors (Lipinski definition) is 1. The minimum absolute atomic E-state index is 0.0963. The van der Waals surface area contributed by atoms with E-state index in [0.29, 0.717) is 11.4 Å². The Hall–Kier alpha value is -1.92. The van der Waals surface area contributed by atoms with Gasteiger partial charge >= 0.3 is 5.97 Å². The summed E-state index contributed by atoms with van der Waals surface area (Å²) in [7, 11) is 0. The quantitative estimate of drug-likeness (QED) is 0.863. The molecule has 0 amide bonds. The first-order valence-electron chi connectivity index (χ1n) is 6.30. The van der Waals surface area contributed by atoms with E-state index in [4.69, 9.17) is 16.3 Å². The van der Waals surface area contributed by atoms with Crippen molar-refractivity contribution in [3.63, 3.8) is 0 Å². The molecular weight excluding hydrogens is 299 g/mol. The SMILES string of the molecule is CC1(CO)Cc2ncn(-c3cccc(F)c3Cl)c2C(=O)O1. The van der Waals surface area contributed by atoms with E-state index < -0.39 is 17.4 Å². The van der Waals surface area contributed by atoms with Crippen molar-refractivity contribution in [3.8, 4) is 5.69 Å². The predicted octanol–water partition coefficient (Wildman–Crippen LogP) is 2.13. The van der Waals surface area contributed by atoms with Gasteiger partial charge in [0.1, 0.15) is 22.8 Å². The maximum absolute atomic E-state index is 13.6. The van der Waals surface area contributed by atoms with Gasteiger partial charge in [0.15, 0.2) is 5.69 Å². The van der Waals surface area contributed by atoms with Crippen LogP contribution in [0.25, 0.3) is 5.69 Å². The summed E-state index contributed by atoms with van der Waals surface area (Å²) in [4.78, 5) is 16.3. The molecule has 1 aromatic carbocycles. The van der Waals surface area contributed by atoms with E-state index in [1.165, 1.54) is 23.0 Å². The van der Waals surface area contributed by atoms with Gasteiger partial charge in [-0.3, -0.25) is 4.57 Å². The maximum Gasteiger partial charge on any atom is 0.357 e. The largest absolute Gasteiger partial charge is 0.452 e. The molecule has 21 heavy (non-hydrogen) atoms. The minimum Gasteiger partial charge on any atom is -0.452 e. The molecule has 1 aromatic heterocycles. The van der Waals surface area contributed by atoms with Gasteiger partial charge in [-0.25, -0.2) is 14.2 Å². The van der Waals surface area contributed by atoms with Crippen LogP contribution in [0.4, 0.5) is 4.39 Å². The van der Waals surface area contributed by atoms with Crippen molar-refractivity contribution in [2.45, 2.75) is 18.9 Å². The Bertz CT molecular complexity index is 731. The smallest absolute Gasteiger partial charge is 0.357 e. The zero-order valence-electron chi connectivity index (χ0n) is 11.1. The van der Waals surface area contributed by atoms with Crippen molar-refractivity contribution in [2.75, 3.05) is 6.61 Å². The third-order valence-corrected chi connectivity index (χ3v) is 3.82. The van der Waals surface area contributed by atoms with Crippen molar-refractivity contribution >= 4 is 17.6 Å². The van der Waals surface area contributed by atoms with Crippen LogP contribution >= 0.6 is 11.6 Å². The van der Waals surface area contributed by atoms with E-state index in [0.717, 1.165) is 0 Å². The van der Waals surface area contributed by atoms with E-state index in [-0.39, 0.29) is 23.7 Å². The summed E-state index contributed by atoms with van der Waals surface area (Å²) < 4.78 is 20.2. The van der Waals surface area contributed by atoms with Gasteiger partial charge in [-0.15, -0.1) is 0 Å². The number of nitrogens with zero attached hydrogens (tertiary/aromatic N) is 2. The molecule has 7 heteroatoms. The van der Waals surface area contributed by atoms with Crippen molar-refractivity contribution in [2.24, 2.45) is 0 Å². The molecule has 1 N–H and O–H groups in total. The number of esters is 1. The van der Waals surface area contributed by atoms with E-state index in [1.54, 1.807) is 13.0 Å². The Balaban J connectivity index is 2.13. The van der Waals surface area contributed by atoms with Crippen LogP contribution < -0.4 is 0 Å². The summed E-state index contributed by atoms with van der Waals surface area (Å²) in [5.41, 5.74) is 0.0150. The Morgan fingerprint density at radius 1 is 1.57 bits per heavy atom. The average molecular weight is 311 g/mol. The lowest BCUT2D eigenvalue weighted by Crippen LogP contribution is -2.42. The number of carbonyl (C=O) groups excluding carboxylic acids is 1. The van der Waals surface area contributed by atoms with Gasteiger partial charge in [0.2, 0.25) is 0 Å². The molecule has 0 aliphatic carbocycles. The van der Waals surface area contributed by atoms with Gasteiger partial charge in [0, 0.05) is 6.42 Å². The molecule has 1 aliphatic heterocycles.